The number of ether oxygens (including phenoxy) is 2. The Morgan fingerprint density at radius 2 is 1.82 bits per heavy atom. The van der Waals surface area contributed by atoms with Gasteiger partial charge in [-0.1, -0.05) is 26.3 Å². The van der Waals surface area contributed by atoms with Gasteiger partial charge in [-0.2, -0.15) is 0 Å². The van der Waals surface area contributed by atoms with Crippen LogP contribution in [-0.2, 0) is 0 Å². The molecule has 0 amide bonds. The third kappa shape index (κ3) is 3.37. The van der Waals surface area contributed by atoms with Crippen molar-refractivity contribution in [2.24, 2.45) is 5.92 Å². The Morgan fingerprint density at radius 3 is 2.35 bits per heavy atom. The maximum absolute atomic E-state index is 10.2. The van der Waals surface area contributed by atoms with Crippen LogP contribution in [0.4, 0.5) is 0 Å². The molecule has 96 valence electrons. The van der Waals surface area contributed by atoms with Crippen LogP contribution < -0.4 is 9.47 Å². The highest BCUT2D eigenvalue weighted by atomic mass is 16.5. The Labute approximate surface area is 103 Å². The van der Waals surface area contributed by atoms with Crippen LogP contribution in [0.1, 0.15) is 38.4 Å². The highest BCUT2D eigenvalue weighted by Crippen LogP contribution is 2.33. The van der Waals surface area contributed by atoms with Gasteiger partial charge in [0.15, 0.2) is 11.5 Å². The lowest BCUT2D eigenvalue weighted by atomic mass is 9.93. The summed E-state index contributed by atoms with van der Waals surface area (Å²) in [6, 6.07) is 5.56. The van der Waals surface area contributed by atoms with E-state index in [-0.39, 0.29) is 5.92 Å². The minimum absolute atomic E-state index is 0.248. The lowest BCUT2D eigenvalue weighted by Crippen LogP contribution is -2.09. The summed E-state index contributed by atoms with van der Waals surface area (Å²) >= 11 is 0. The monoisotopic (exact) mass is 238 g/mol. The zero-order valence-corrected chi connectivity index (χ0v) is 11.1. The lowest BCUT2D eigenvalue weighted by Gasteiger charge is -2.19. The van der Waals surface area contributed by atoms with Crippen LogP contribution in [-0.4, -0.2) is 19.3 Å². The van der Waals surface area contributed by atoms with Crippen LogP contribution in [0, 0.1) is 5.92 Å². The van der Waals surface area contributed by atoms with E-state index < -0.39 is 6.10 Å². The maximum Gasteiger partial charge on any atom is 0.161 e. The molecule has 0 saturated carbocycles. The normalized spacial score (nSPS) is 14.2. The molecule has 3 heteroatoms. The topological polar surface area (TPSA) is 38.7 Å². The molecular formula is C14H22O3. The van der Waals surface area contributed by atoms with E-state index in [0.29, 0.717) is 11.5 Å². The summed E-state index contributed by atoms with van der Waals surface area (Å²) in [5.74, 6) is 1.59. The number of aliphatic hydroxyl groups excluding tert-OH is 1. The second kappa shape index (κ2) is 6.50. The van der Waals surface area contributed by atoms with Gasteiger partial charge in [0.1, 0.15) is 0 Å². The van der Waals surface area contributed by atoms with Gasteiger partial charge in [0, 0.05) is 0 Å². The van der Waals surface area contributed by atoms with Crippen molar-refractivity contribution < 1.29 is 14.6 Å². The molecule has 0 aliphatic rings. The van der Waals surface area contributed by atoms with Crippen molar-refractivity contribution in [2.45, 2.75) is 32.8 Å². The second-order valence-electron chi connectivity index (χ2n) is 4.33. The average molecular weight is 238 g/mol. The first-order valence-corrected chi connectivity index (χ1v) is 6.04. The zero-order chi connectivity index (χ0) is 12.8. The zero-order valence-electron chi connectivity index (χ0n) is 11.1. The summed E-state index contributed by atoms with van der Waals surface area (Å²) in [6.45, 7) is 4.18. The summed E-state index contributed by atoms with van der Waals surface area (Å²) < 4.78 is 10.4. The van der Waals surface area contributed by atoms with Crippen LogP contribution in [0.25, 0.3) is 0 Å². The fourth-order valence-corrected chi connectivity index (χ4v) is 1.98. The molecule has 1 aromatic rings. The van der Waals surface area contributed by atoms with Gasteiger partial charge in [0.05, 0.1) is 20.3 Å². The van der Waals surface area contributed by atoms with E-state index in [4.69, 9.17) is 9.47 Å². The SMILES string of the molecule is CCCC(C)C(O)c1ccc(OC)c(OC)c1. The second-order valence-corrected chi connectivity index (χ2v) is 4.33. The standard InChI is InChI=1S/C14H22O3/c1-5-6-10(2)14(15)11-7-8-12(16-3)13(9-11)17-4/h7-10,14-15H,5-6H2,1-4H3. The van der Waals surface area contributed by atoms with E-state index in [0.717, 1.165) is 18.4 Å². The smallest absolute Gasteiger partial charge is 0.161 e. The number of hydrogen-bond acceptors (Lipinski definition) is 3. The third-order valence-corrected chi connectivity index (χ3v) is 3.03. The largest absolute Gasteiger partial charge is 0.493 e. The predicted octanol–water partition coefficient (Wildman–Crippen LogP) is 3.17. The van der Waals surface area contributed by atoms with Gasteiger partial charge in [0.2, 0.25) is 0 Å². The molecule has 1 N–H and O–H groups in total. The molecule has 1 rings (SSSR count). The van der Waals surface area contributed by atoms with Crippen LogP contribution in [0.2, 0.25) is 0 Å². The molecular weight excluding hydrogens is 216 g/mol. The third-order valence-electron chi connectivity index (χ3n) is 3.03. The molecule has 1 aromatic carbocycles. The van der Waals surface area contributed by atoms with Crippen LogP contribution in [0.15, 0.2) is 18.2 Å². The van der Waals surface area contributed by atoms with Crippen LogP contribution in [0.5, 0.6) is 11.5 Å². The summed E-state index contributed by atoms with van der Waals surface area (Å²) in [7, 11) is 3.21. The first kappa shape index (κ1) is 13.8. The van der Waals surface area contributed by atoms with Crippen molar-refractivity contribution in [3.05, 3.63) is 23.8 Å². The highest BCUT2D eigenvalue weighted by molar-refractivity contribution is 5.43. The van der Waals surface area contributed by atoms with Crippen molar-refractivity contribution >= 4 is 0 Å². The minimum Gasteiger partial charge on any atom is -0.493 e. The molecule has 0 heterocycles. The van der Waals surface area contributed by atoms with E-state index in [1.165, 1.54) is 0 Å². The predicted molar refractivity (Wildman–Crippen MR) is 68.6 cm³/mol. The lowest BCUT2D eigenvalue weighted by molar-refractivity contribution is 0.112. The van der Waals surface area contributed by atoms with Crippen molar-refractivity contribution in [3.63, 3.8) is 0 Å². The van der Waals surface area contributed by atoms with Gasteiger partial charge >= 0.3 is 0 Å². The molecule has 2 unspecified atom stereocenters. The number of rotatable bonds is 6. The Hall–Kier alpha value is -1.22. The van der Waals surface area contributed by atoms with Crippen molar-refractivity contribution in [2.75, 3.05) is 14.2 Å². The molecule has 0 saturated heterocycles. The fraction of sp³-hybridized carbons (Fsp3) is 0.571. The van der Waals surface area contributed by atoms with Gasteiger partial charge in [-0.3, -0.25) is 0 Å². The first-order chi connectivity index (χ1) is 8.13. The van der Waals surface area contributed by atoms with E-state index in [1.54, 1.807) is 14.2 Å². The summed E-state index contributed by atoms with van der Waals surface area (Å²) in [5, 5.41) is 10.2. The Kier molecular flexibility index (Phi) is 5.29. The van der Waals surface area contributed by atoms with Gasteiger partial charge in [-0.15, -0.1) is 0 Å². The Bertz CT molecular complexity index is 349. The maximum atomic E-state index is 10.2. The molecule has 0 aromatic heterocycles. The molecule has 3 nitrogen and oxygen atoms in total. The molecule has 0 bridgehead atoms. The first-order valence-electron chi connectivity index (χ1n) is 6.04. The minimum atomic E-state index is -0.449. The van der Waals surface area contributed by atoms with E-state index in [1.807, 2.05) is 18.2 Å². The number of benzene rings is 1. The molecule has 0 fully saturated rings. The number of hydrogen-bond donors (Lipinski definition) is 1. The van der Waals surface area contributed by atoms with E-state index in [2.05, 4.69) is 13.8 Å². The summed E-state index contributed by atoms with van der Waals surface area (Å²) in [5.41, 5.74) is 0.878. The molecule has 0 aliphatic heterocycles. The molecule has 17 heavy (non-hydrogen) atoms. The molecule has 0 spiro atoms. The van der Waals surface area contributed by atoms with Gasteiger partial charge in [0.25, 0.3) is 0 Å². The van der Waals surface area contributed by atoms with Crippen molar-refractivity contribution in [1.82, 2.24) is 0 Å². The van der Waals surface area contributed by atoms with Gasteiger partial charge in [-0.25, -0.2) is 0 Å². The van der Waals surface area contributed by atoms with Gasteiger partial charge in [-0.05, 0) is 30.0 Å². The van der Waals surface area contributed by atoms with Crippen LogP contribution >= 0.6 is 0 Å². The number of aliphatic hydroxyl groups is 1. The quantitative estimate of drug-likeness (QED) is 0.827. The fourth-order valence-electron chi connectivity index (χ4n) is 1.98. The summed E-state index contributed by atoms with van der Waals surface area (Å²) in [4.78, 5) is 0. The summed E-state index contributed by atoms with van der Waals surface area (Å²) in [6.07, 6.45) is 1.64. The Balaban J connectivity index is 2.91. The van der Waals surface area contributed by atoms with Crippen molar-refractivity contribution in [3.8, 4) is 11.5 Å². The van der Waals surface area contributed by atoms with Crippen LogP contribution in [0.3, 0.4) is 0 Å². The van der Waals surface area contributed by atoms with E-state index >= 15 is 0 Å². The molecule has 0 radical (unpaired) electrons. The number of methoxy groups -OCH3 is 2. The van der Waals surface area contributed by atoms with Crippen molar-refractivity contribution in [1.29, 1.82) is 0 Å². The Morgan fingerprint density at radius 1 is 1.18 bits per heavy atom. The molecule has 2 atom stereocenters. The average Bonchev–Trinajstić information content (AvgIpc) is 2.37. The van der Waals surface area contributed by atoms with E-state index in [9.17, 15) is 5.11 Å². The highest BCUT2D eigenvalue weighted by Gasteiger charge is 2.17. The molecule has 0 aliphatic carbocycles. The van der Waals surface area contributed by atoms with Gasteiger partial charge < -0.3 is 14.6 Å².